The first kappa shape index (κ1) is 22.8. The fourth-order valence-electron chi connectivity index (χ4n) is 2.95. The van der Waals surface area contributed by atoms with E-state index >= 15 is 0 Å². The predicted octanol–water partition coefficient (Wildman–Crippen LogP) is 5.71. The van der Waals surface area contributed by atoms with Gasteiger partial charge in [-0.25, -0.2) is 13.4 Å². The summed E-state index contributed by atoms with van der Waals surface area (Å²) in [6.07, 6.45) is 0. The summed E-state index contributed by atoms with van der Waals surface area (Å²) in [4.78, 5) is 18.2. The van der Waals surface area contributed by atoms with Crippen LogP contribution in [0.1, 0.15) is 15.9 Å². The average molecular weight is 549 g/mol. The number of carbonyl (C=O) groups is 1. The van der Waals surface area contributed by atoms with Crippen molar-refractivity contribution in [2.75, 3.05) is 12.4 Å². The molecule has 0 saturated heterocycles. The summed E-state index contributed by atoms with van der Waals surface area (Å²) in [5.74, 6) is -0.347. The molecule has 0 radical (unpaired) electrons. The van der Waals surface area contributed by atoms with E-state index in [1.54, 1.807) is 11.3 Å². The highest BCUT2D eigenvalue weighted by molar-refractivity contribution is 9.11. The molecule has 1 N–H and O–H groups in total. The third-order valence-corrected chi connectivity index (χ3v) is 8.84. The molecule has 164 valence electrons. The van der Waals surface area contributed by atoms with Gasteiger partial charge in [-0.2, -0.15) is 4.31 Å². The number of nitrogens with zero attached hydrogens (tertiary/aromatic N) is 2. The number of hydrogen-bond donors (Lipinski definition) is 1. The highest BCUT2D eigenvalue weighted by Gasteiger charge is 2.21. The molecule has 0 atom stereocenters. The Kier molecular flexibility index (Phi) is 6.87. The van der Waals surface area contributed by atoms with Gasteiger partial charge in [-0.15, -0.1) is 22.7 Å². The minimum Gasteiger partial charge on any atom is -0.298 e. The van der Waals surface area contributed by atoms with Crippen LogP contribution in [0.25, 0.3) is 10.6 Å². The number of anilines is 1. The van der Waals surface area contributed by atoms with Gasteiger partial charge in [0.25, 0.3) is 5.91 Å². The summed E-state index contributed by atoms with van der Waals surface area (Å²) in [5, 5.41) is 5.13. The second kappa shape index (κ2) is 9.63. The molecule has 6 nitrogen and oxygen atoms in total. The van der Waals surface area contributed by atoms with Crippen LogP contribution in [0.5, 0.6) is 0 Å². The Labute approximate surface area is 202 Å². The second-order valence-electron chi connectivity index (χ2n) is 6.87. The average Bonchev–Trinajstić information content (AvgIpc) is 3.43. The van der Waals surface area contributed by atoms with Crippen molar-refractivity contribution in [3.8, 4) is 10.6 Å². The molecular formula is C22H18BrN3O3S3. The number of carbonyl (C=O) groups excluding carboxylic acids is 1. The van der Waals surface area contributed by atoms with Gasteiger partial charge in [0.05, 0.1) is 19.3 Å². The number of amides is 1. The lowest BCUT2D eigenvalue weighted by molar-refractivity contribution is 0.102. The third kappa shape index (κ3) is 5.16. The molecule has 0 saturated carbocycles. The van der Waals surface area contributed by atoms with E-state index in [1.807, 2.05) is 47.8 Å². The van der Waals surface area contributed by atoms with E-state index in [4.69, 9.17) is 0 Å². The van der Waals surface area contributed by atoms with E-state index in [-0.39, 0.29) is 17.3 Å². The van der Waals surface area contributed by atoms with Crippen LogP contribution in [0.15, 0.2) is 80.8 Å². The zero-order chi connectivity index (χ0) is 22.7. The fourth-order valence-corrected chi connectivity index (χ4v) is 6.24. The highest BCUT2D eigenvalue weighted by Crippen LogP contribution is 2.33. The molecule has 4 rings (SSSR count). The topological polar surface area (TPSA) is 79.4 Å². The van der Waals surface area contributed by atoms with Gasteiger partial charge in [0.15, 0.2) is 5.13 Å². The van der Waals surface area contributed by atoms with Crippen molar-refractivity contribution in [2.24, 2.45) is 0 Å². The lowest BCUT2D eigenvalue weighted by Crippen LogP contribution is -2.26. The third-order valence-electron chi connectivity index (χ3n) is 4.62. The Bertz CT molecular complexity index is 1330. The zero-order valence-electron chi connectivity index (χ0n) is 16.9. The molecule has 1 amide bonds. The van der Waals surface area contributed by atoms with Gasteiger partial charge in [-0.05, 0) is 57.9 Å². The van der Waals surface area contributed by atoms with E-state index in [1.165, 1.54) is 47.0 Å². The van der Waals surface area contributed by atoms with Crippen molar-refractivity contribution in [1.29, 1.82) is 0 Å². The highest BCUT2D eigenvalue weighted by atomic mass is 79.9. The van der Waals surface area contributed by atoms with Crippen molar-refractivity contribution in [3.05, 3.63) is 87.0 Å². The SMILES string of the molecule is CN(Cc1ccccc1)S(=O)(=O)c1ccc(C(=O)Nc2nc(-c3ccc(Br)s3)cs2)cc1. The molecule has 0 aliphatic heterocycles. The van der Waals surface area contributed by atoms with Crippen LogP contribution in [0.3, 0.4) is 0 Å². The molecule has 2 heterocycles. The molecular weight excluding hydrogens is 530 g/mol. The van der Waals surface area contributed by atoms with Crippen LogP contribution in [0.2, 0.25) is 0 Å². The van der Waals surface area contributed by atoms with Crippen LogP contribution < -0.4 is 5.32 Å². The van der Waals surface area contributed by atoms with E-state index in [2.05, 4.69) is 26.2 Å². The maximum Gasteiger partial charge on any atom is 0.257 e. The Morgan fingerprint density at radius 2 is 1.78 bits per heavy atom. The van der Waals surface area contributed by atoms with Gasteiger partial charge in [-0.3, -0.25) is 10.1 Å². The summed E-state index contributed by atoms with van der Waals surface area (Å²) in [6.45, 7) is 0.263. The van der Waals surface area contributed by atoms with Crippen LogP contribution >= 0.6 is 38.6 Å². The monoisotopic (exact) mass is 547 g/mol. The molecule has 4 aromatic rings. The lowest BCUT2D eigenvalue weighted by Gasteiger charge is -2.17. The number of rotatable bonds is 7. The minimum absolute atomic E-state index is 0.132. The number of hydrogen-bond acceptors (Lipinski definition) is 6. The van der Waals surface area contributed by atoms with Gasteiger partial charge in [-0.1, -0.05) is 30.3 Å². The van der Waals surface area contributed by atoms with Gasteiger partial charge in [0, 0.05) is 24.5 Å². The Hall–Kier alpha value is -2.37. The molecule has 0 fully saturated rings. The number of aromatic nitrogens is 1. The maximum atomic E-state index is 12.9. The fraction of sp³-hybridized carbons (Fsp3) is 0.0909. The zero-order valence-corrected chi connectivity index (χ0v) is 20.9. The van der Waals surface area contributed by atoms with Gasteiger partial charge >= 0.3 is 0 Å². The van der Waals surface area contributed by atoms with Gasteiger partial charge < -0.3 is 0 Å². The first-order valence-electron chi connectivity index (χ1n) is 9.46. The Balaban J connectivity index is 1.43. The van der Waals surface area contributed by atoms with Crippen LogP contribution in [-0.2, 0) is 16.6 Å². The van der Waals surface area contributed by atoms with Gasteiger partial charge in [0.2, 0.25) is 10.0 Å². The van der Waals surface area contributed by atoms with Crippen molar-refractivity contribution < 1.29 is 13.2 Å². The smallest absolute Gasteiger partial charge is 0.257 e. The number of halogens is 1. The quantitative estimate of drug-likeness (QED) is 0.321. The molecule has 0 bridgehead atoms. The summed E-state index contributed by atoms with van der Waals surface area (Å²) >= 11 is 6.33. The first-order valence-corrected chi connectivity index (χ1v) is 13.4. The van der Waals surface area contributed by atoms with Crippen LogP contribution in [-0.4, -0.2) is 30.7 Å². The first-order chi connectivity index (χ1) is 15.3. The van der Waals surface area contributed by atoms with Crippen molar-refractivity contribution in [1.82, 2.24) is 9.29 Å². The molecule has 2 aromatic heterocycles. The molecule has 32 heavy (non-hydrogen) atoms. The van der Waals surface area contributed by atoms with Crippen molar-refractivity contribution >= 4 is 59.7 Å². The number of nitrogens with one attached hydrogen (secondary N) is 1. The number of thiazole rings is 1. The summed E-state index contributed by atoms with van der Waals surface area (Å²) in [5.41, 5.74) is 2.04. The Morgan fingerprint density at radius 1 is 1.06 bits per heavy atom. The molecule has 0 aliphatic rings. The number of thiophene rings is 1. The summed E-state index contributed by atoms with van der Waals surface area (Å²) in [7, 11) is -2.14. The van der Waals surface area contributed by atoms with Crippen molar-refractivity contribution in [3.63, 3.8) is 0 Å². The number of sulfonamides is 1. The Morgan fingerprint density at radius 3 is 2.44 bits per heavy atom. The van der Waals surface area contributed by atoms with Crippen molar-refractivity contribution in [2.45, 2.75) is 11.4 Å². The molecule has 2 aromatic carbocycles. The molecule has 0 aliphatic carbocycles. The van der Waals surface area contributed by atoms with E-state index < -0.39 is 10.0 Å². The van der Waals surface area contributed by atoms with Crippen LogP contribution in [0.4, 0.5) is 5.13 Å². The lowest BCUT2D eigenvalue weighted by atomic mass is 10.2. The minimum atomic E-state index is -3.68. The number of benzene rings is 2. The van der Waals surface area contributed by atoms with E-state index in [0.717, 1.165) is 19.9 Å². The predicted molar refractivity (Wildman–Crippen MR) is 133 cm³/mol. The van der Waals surface area contributed by atoms with E-state index in [9.17, 15) is 13.2 Å². The summed E-state index contributed by atoms with van der Waals surface area (Å²) in [6, 6.07) is 19.2. The van der Waals surface area contributed by atoms with Gasteiger partial charge in [0.1, 0.15) is 0 Å². The largest absolute Gasteiger partial charge is 0.298 e. The van der Waals surface area contributed by atoms with Crippen LogP contribution in [0, 0.1) is 0 Å². The molecule has 0 unspecified atom stereocenters. The second-order valence-corrected chi connectivity index (χ2v) is 12.2. The normalized spacial score (nSPS) is 11.6. The summed E-state index contributed by atoms with van der Waals surface area (Å²) < 4.78 is 28.0. The molecule has 10 heteroatoms. The maximum absolute atomic E-state index is 12.9. The molecule has 0 spiro atoms. The van der Waals surface area contributed by atoms with E-state index in [0.29, 0.717) is 10.7 Å². The standard InChI is InChI=1S/C22H18BrN3O3S3/c1-26(13-15-5-3-2-4-6-15)32(28,29)17-9-7-16(8-10-17)21(27)25-22-24-18(14-30-22)19-11-12-20(23)31-19/h2-12,14H,13H2,1H3,(H,24,25,27).